The highest BCUT2D eigenvalue weighted by molar-refractivity contribution is 7.86. The van der Waals surface area contributed by atoms with Gasteiger partial charge in [-0.15, -0.1) is 0 Å². The molecule has 6 heteroatoms. The molecular weight excluding hydrogens is 448 g/mol. The number of hydrogen-bond acceptors (Lipinski definition) is 4. The molecule has 0 N–H and O–H groups in total. The summed E-state index contributed by atoms with van der Waals surface area (Å²) >= 11 is 0. The minimum atomic E-state index is -3.99. The highest BCUT2D eigenvalue weighted by Gasteiger charge is 2.49. The van der Waals surface area contributed by atoms with Crippen LogP contribution in [0.3, 0.4) is 0 Å². The molecule has 0 unspecified atom stereocenters. The number of aryl methyl sites for hydroxylation is 1. The Hall–Kier alpha value is -2.25. The molecule has 0 saturated heterocycles. The standard InChI is InChI=1S/C27H34O4SSi/c1-23-17-19-24(20-18-23)32(28,29)30-21-11-12-22-31-33(27(2,3)4,25-13-7-5-8-14-25)26-15-9-6-10-16-26/h5-10,13-20H,11-12,21-22H2,1-4H3/i11D,12D/t11-,12-/m1/s1. The van der Waals surface area contributed by atoms with Crippen molar-refractivity contribution >= 4 is 28.8 Å². The molecular formula is C27H34O4SSi. The summed E-state index contributed by atoms with van der Waals surface area (Å²) in [6.07, 6.45) is -2.07. The van der Waals surface area contributed by atoms with Gasteiger partial charge < -0.3 is 4.43 Å². The van der Waals surface area contributed by atoms with E-state index in [0.29, 0.717) is 0 Å². The zero-order valence-corrected chi connectivity index (χ0v) is 21.5. The third-order valence-electron chi connectivity index (χ3n) is 5.61. The molecule has 3 aromatic rings. The van der Waals surface area contributed by atoms with Crippen LogP contribution in [-0.2, 0) is 18.7 Å². The van der Waals surface area contributed by atoms with Crippen LogP contribution < -0.4 is 10.4 Å². The average Bonchev–Trinajstić information content (AvgIpc) is 2.83. The molecule has 0 fully saturated rings. The zero-order chi connectivity index (χ0) is 25.7. The quantitative estimate of drug-likeness (QED) is 0.298. The Balaban J connectivity index is 1.79. The van der Waals surface area contributed by atoms with Gasteiger partial charge in [-0.05, 0) is 47.3 Å². The minimum absolute atomic E-state index is 0.00458. The van der Waals surface area contributed by atoms with Gasteiger partial charge >= 0.3 is 0 Å². The van der Waals surface area contributed by atoms with Crippen LogP contribution in [0.2, 0.25) is 5.04 Å². The molecule has 0 saturated carbocycles. The third kappa shape index (κ3) is 6.01. The first-order valence-corrected chi connectivity index (χ1v) is 14.3. The van der Waals surface area contributed by atoms with E-state index in [9.17, 15) is 8.42 Å². The van der Waals surface area contributed by atoms with E-state index in [1.807, 2.05) is 43.3 Å². The van der Waals surface area contributed by atoms with Crippen molar-refractivity contribution in [2.45, 2.75) is 50.4 Å². The largest absolute Gasteiger partial charge is 0.407 e. The summed E-state index contributed by atoms with van der Waals surface area (Å²) in [6.45, 7) is 7.90. The molecule has 0 aliphatic heterocycles. The molecule has 0 bridgehead atoms. The van der Waals surface area contributed by atoms with Crippen molar-refractivity contribution in [1.29, 1.82) is 0 Å². The molecule has 0 amide bonds. The molecule has 0 spiro atoms. The molecule has 33 heavy (non-hydrogen) atoms. The fourth-order valence-corrected chi connectivity index (χ4v) is 9.34. The second-order valence-corrected chi connectivity index (χ2v) is 14.9. The van der Waals surface area contributed by atoms with E-state index >= 15 is 0 Å². The van der Waals surface area contributed by atoms with E-state index in [0.717, 1.165) is 15.9 Å². The van der Waals surface area contributed by atoms with Crippen LogP contribution in [0.25, 0.3) is 0 Å². The normalized spacial score (nSPS) is 15.4. The van der Waals surface area contributed by atoms with Crippen molar-refractivity contribution in [2.75, 3.05) is 13.2 Å². The molecule has 0 aliphatic rings. The van der Waals surface area contributed by atoms with Gasteiger partial charge in [-0.25, -0.2) is 0 Å². The lowest BCUT2D eigenvalue weighted by molar-refractivity contribution is 0.259. The Bertz CT molecular complexity index is 1140. The fraction of sp³-hybridized carbons (Fsp3) is 0.333. The Kier molecular flexibility index (Phi) is 7.36. The average molecular weight is 485 g/mol. The summed E-state index contributed by atoms with van der Waals surface area (Å²) in [6, 6.07) is 26.5. The molecule has 3 aromatic carbocycles. The summed E-state index contributed by atoms with van der Waals surface area (Å²) < 4.78 is 53.8. The molecule has 2 atom stereocenters. The highest BCUT2D eigenvalue weighted by atomic mass is 32.2. The van der Waals surface area contributed by atoms with Crippen LogP contribution >= 0.6 is 0 Å². The number of benzene rings is 3. The summed E-state index contributed by atoms with van der Waals surface area (Å²) in [5, 5.41) is 1.93. The van der Waals surface area contributed by atoms with Gasteiger partial charge in [0.25, 0.3) is 18.4 Å². The van der Waals surface area contributed by atoms with Crippen LogP contribution in [0, 0.1) is 6.92 Å². The van der Waals surface area contributed by atoms with Crippen molar-refractivity contribution in [2.24, 2.45) is 0 Å². The van der Waals surface area contributed by atoms with Crippen LogP contribution in [0.1, 0.15) is 41.9 Å². The molecule has 176 valence electrons. The fourth-order valence-electron chi connectivity index (χ4n) is 3.97. The lowest BCUT2D eigenvalue weighted by Gasteiger charge is -2.43. The minimum Gasteiger partial charge on any atom is -0.407 e. The first-order chi connectivity index (χ1) is 16.5. The highest BCUT2D eigenvalue weighted by Crippen LogP contribution is 2.36. The summed E-state index contributed by atoms with van der Waals surface area (Å²) in [4.78, 5) is 0.0420. The maximum atomic E-state index is 12.5. The number of hydrogen-bond donors (Lipinski definition) is 0. The second kappa shape index (κ2) is 10.8. The Morgan fingerprint density at radius 1 is 0.788 bits per heavy atom. The van der Waals surface area contributed by atoms with Crippen molar-refractivity contribution in [1.82, 2.24) is 0 Å². The maximum absolute atomic E-state index is 12.5. The van der Waals surface area contributed by atoms with Crippen LogP contribution in [0.4, 0.5) is 0 Å². The Morgan fingerprint density at radius 2 is 1.27 bits per heavy atom. The Labute approximate surface area is 202 Å². The SMILES string of the molecule is [2H][C@@H](CO[Si](c1ccccc1)(c1ccccc1)C(C)(C)C)[C@@H]([2H])COS(=O)(=O)c1ccc(C)cc1. The van der Waals surface area contributed by atoms with Gasteiger partial charge in [0.05, 0.1) is 11.5 Å². The smallest absolute Gasteiger partial charge is 0.296 e. The number of rotatable bonds is 10. The predicted octanol–water partition coefficient (Wildman–Crippen LogP) is 5.06. The molecule has 0 aromatic heterocycles. The lowest BCUT2D eigenvalue weighted by atomic mass is 10.2. The van der Waals surface area contributed by atoms with E-state index in [-0.39, 0.29) is 16.5 Å². The maximum Gasteiger partial charge on any atom is 0.296 e. The van der Waals surface area contributed by atoms with E-state index in [2.05, 4.69) is 45.0 Å². The summed E-state index contributed by atoms with van der Waals surface area (Å²) in [5.74, 6) is 0. The van der Waals surface area contributed by atoms with Gasteiger partial charge in [-0.1, -0.05) is 99.1 Å². The van der Waals surface area contributed by atoms with Gasteiger partial charge in [0, 0.05) is 9.35 Å². The van der Waals surface area contributed by atoms with E-state index < -0.39 is 37.8 Å². The van der Waals surface area contributed by atoms with Gasteiger partial charge in [0.2, 0.25) is 0 Å². The van der Waals surface area contributed by atoms with Crippen LogP contribution in [0.15, 0.2) is 89.8 Å². The third-order valence-corrected chi connectivity index (χ3v) is 11.9. The van der Waals surface area contributed by atoms with Crippen molar-refractivity contribution in [3.63, 3.8) is 0 Å². The van der Waals surface area contributed by atoms with Crippen LogP contribution in [-0.4, -0.2) is 29.9 Å². The van der Waals surface area contributed by atoms with Crippen LogP contribution in [0.5, 0.6) is 0 Å². The van der Waals surface area contributed by atoms with E-state index in [1.165, 1.54) is 12.1 Å². The molecule has 4 nitrogen and oxygen atoms in total. The van der Waals surface area contributed by atoms with Gasteiger partial charge in [-0.2, -0.15) is 8.42 Å². The summed E-state index contributed by atoms with van der Waals surface area (Å²) in [7, 11) is -6.83. The topological polar surface area (TPSA) is 52.6 Å². The van der Waals surface area contributed by atoms with Crippen molar-refractivity contribution in [3.05, 3.63) is 90.5 Å². The van der Waals surface area contributed by atoms with Gasteiger partial charge in [-0.3, -0.25) is 4.18 Å². The van der Waals surface area contributed by atoms with E-state index in [1.54, 1.807) is 12.1 Å². The molecule has 0 aliphatic carbocycles. The first kappa shape index (κ1) is 22.5. The molecule has 0 heterocycles. The predicted molar refractivity (Wildman–Crippen MR) is 137 cm³/mol. The van der Waals surface area contributed by atoms with Crippen molar-refractivity contribution < 1.29 is 19.8 Å². The first-order valence-electron chi connectivity index (χ1n) is 12.2. The Morgan fingerprint density at radius 3 is 1.76 bits per heavy atom. The van der Waals surface area contributed by atoms with E-state index in [4.69, 9.17) is 11.4 Å². The zero-order valence-electron chi connectivity index (χ0n) is 21.7. The van der Waals surface area contributed by atoms with Crippen molar-refractivity contribution in [3.8, 4) is 0 Å². The monoisotopic (exact) mass is 484 g/mol. The molecule has 3 rings (SSSR count). The van der Waals surface area contributed by atoms with Gasteiger partial charge in [0.1, 0.15) is 0 Å². The lowest BCUT2D eigenvalue weighted by Crippen LogP contribution is -2.66. The second-order valence-electron chi connectivity index (χ2n) is 9.00. The summed E-state index contributed by atoms with van der Waals surface area (Å²) in [5.41, 5.74) is 0.939. The molecule has 0 radical (unpaired) electrons. The van der Waals surface area contributed by atoms with Gasteiger partial charge in [0.15, 0.2) is 0 Å².